The molecule has 0 amide bonds. The van der Waals surface area contributed by atoms with E-state index in [0.717, 1.165) is 24.2 Å². The molecule has 2 unspecified atom stereocenters. The number of benzene rings is 1. The van der Waals surface area contributed by atoms with Gasteiger partial charge in [0.2, 0.25) is 0 Å². The highest BCUT2D eigenvalue weighted by atomic mass is 16.5. The van der Waals surface area contributed by atoms with Crippen LogP contribution in [0.1, 0.15) is 46.1 Å². The summed E-state index contributed by atoms with van der Waals surface area (Å²) in [5, 5.41) is 0. The van der Waals surface area contributed by atoms with Crippen LogP contribution in [0, 0.1) is 18.8 Å². The van der Waals surface area contributed by atoms with Crippen molar-refractivity contribution in [3.05, 3.63) is 35.4 Å². The van der Waals surface area contributed by atoms with E-state index in [0.29, 0.717) is 17.6 Å². The number of rotatable bonds is 4. The van der Waals surface area contributed by atoms with E-state index in [1.54, 1.807) is 6.07 Å². The fourth-order valence-electron chi connectivity index (χ4n) is 2.96. The second-order valence-corrected chi connectivity index (χ2v) is 6.62. The predicted molar refractivity (Wildman–Crippen MR) is 88.2 cm³/mol. The maximum atomic E-state index is 11.1. The molecule has 0 aliphatic heterocycles. The van der Waals surface area contributed by atoms with E-state index in [9.17, 15) is 4.79 Å². The molecule has 0 fully saturated rings. The zero-order valence-electron chi connectivity index (χ0n) is 14.2. The Morgan fingerprint density at radius 3 is 2.55 bits per heavy atom. The lowest BCUT2D eigenvalue weighted by atomic mass is 9.83. The molecular formula is C19H26O3. The minimum absolute atomic E-state index is 0.107. The lowest BCUT2D eigenvalue weighted by molar-refractivity contribution is -0.131. The molecule has 3 nitrogen and oxygen atoms in total. The normalized spacial score (nSPS) is 21.5. The molecule has 3 heteroatoms. The Hall–Kier alpha value is -1.77. The molecule has 0 N–H and O–H groups in total. The van der Waals surface area contributed by atoms with Crippen molar-refractivity contribution in [1.29, 1.82) is 0 Å². The van der Waals surface area contributed by atoms with Gasteiger partial charge in [0, 0.05) is 13.0 Å². The third-order valence-electron chi connectivity index (χ3n) is 3.98. The molecule has 1 aromatic carbocycles. The first-order valence-electron chi connectivity index (χ1n) is 8.02. The Morgan fingerprint density at radius 1 is 1.23 bits per heavy atom. The Balaban J connectivity index is 2.21. The zero-order chi connectivity index (χ0) is 16.3. The fraction of sp³-hybridized carbons (Fsp3) is 0.526. The van der Waals surface area contributed by atoms with Crippen LogP contribution in [0.2, 0.25) is 0 Å². The molecule has 1 aliphatic rings. The van der Waals surface area contributed by atoms with E-state index in [2.05, 4.69) is 26.8 Å². The van der Waals surface area contributed by atoms with Crippen molar-refractivity contribution in [3.8, 4) is 11.5 Å². The second kappa shape index (κ2) is 6.99. The van der Waals surface area contributed by atoms with Gasteiger partial charge in [0.05, 0.1) is 0 Å². The summed E-state index contributed by atoms with van der Waals surface area (Å²) >= 11 is 0. The van der Waals surface area contributed by atoms with Gasteiger partial charge in [-0.3, -0.25) is 4.79 Å². The number of carbonyl (C=O) groups is 1. The van der Waals surface area contributed by atoms with Gasteiger partial charge in [-0.25, -0.2) is 0 Å². The quantitative estimate of drug-likeness (QED) is 0.460. The molecular weight excluding hydrogens is 276 g/mol. The summed E-state index contributed by atoms with van der Waals surface area (Å²) in [4.78, 5) is 11.1. The van der Waals surface area contributed by atoms with Crippen LogP contribution in [0.4, 0.5) is 0 Å². The summed E-state index contributed by atoms with van der Waals surface area (Å²) in [6, 6.07) is 5.63. The van der Waals surface area contributed by atoms with Crippen LogP contribution < -0.4 is 9.47 Å². The molecule has 0 heterocycles. The largest absolute Gasteiger partial charge is 0.486 e. The lowest BCUT2D eigenvalue weighted by Crippen LogP contribution is -2.28. The van der Waals surface area contributed by atoms with Gasteiger partial charge in [0.1, 0.15) is 17.6 Å². The fourth-order valence-corrected chi connectivity index (χ4v) is 2.96. The number of aryl methyl sites for hydroxylation is 1. The highest BCUT2D eigenvalue weighted by molar-refractivity contribution is 5.69. The molecule has 0 saturated carbocycles. The first-order chi connectivity index (χ1) is 10.3. The third-order valence-corrected chi connectivity index (χ3v) is 3.98. The van der Waals surface area contributed by atoms with Crippen molar-refractivity contribution in [1.82, 2.24) is 0 Å². The second-order valence-electron chi connectivity index (χ2n) is 6.62. The van der Waals surface area contributed by atoms with Gasteiger partial charge in [0.25, 0.3) is 0 Å². The van der Waals surface area contributed by atoms with Crippen molar-refractivity contribution in [2.75, 3.05) is 0 Å². The van der Waals surface area contributed by atoms with E-state index in [4.69, 9.17) is 9.47 Å². The monoisotopic (exact) mass is 302 g/mol. The van der Waals surface area contributed by atoms with Crippen LogP contribution in [0.25, 0.3) is 0 Å². The molecule has 2 rings (SSSR count). The standard InChI is InChI=1S/C19H26O3/c1-12(2)18-7-6-13(3)10-19(18)22-17-9-14(4)8-16(11-17)21-15(5)20/h7-9,11-13,19H,6,10H2,1-5H3. The number of hydrogen-bond donors (Lipinski definition) is 0. The number of allylic oxidation sites excluding steroid dienone is 1. The van der Waals surface area contributed by atoms with Crippen LogP contribution in [-0.2, 0) is 4.79 Å². The highest BCUT2D eigenvalue weighted by Gasteiger charge is 2.25. The molecule has 0 radical (unpaired) electrons. The number of hydrogen-bond acceptors (Lipinski definition) is 3. The van der Waals surface area contributed by atoms with E-state index >= 15 is 0 Å². The van der Waals surface area contributed by atoms with Crippen molar-refractivity contribution in [2.45, 2.75) is 53.6 Å². The van der Waals surface area contributed by atoms with Gasteiger partial charge in [-0.1, -0.05) is 26.8 Å². The SMILES string of the molecule is CC(=O)Oc1cc(C)cc(OC2CC(C)CC=C2C(C)C)c1. The van der Waals surface area contributed by atoms with Crippen molar-refractivity contribution < 1.29 is 14.3 Å². The Bertz CT molecular complexity index is 572. The first kappa shape index (κ1) is 16.6. The average molecular weight is 302 g/mol. The van der Waals surface area contributed by atoms with Gasteiger partial charge in [-0.2, -0.15) is 0 Å². The Kier molecular flexibility index (Phi) is 5.28. The summed E-state index contributed by atoms with van der Waals surface area (Å²) < 4.78 is 11.4. The summed E-state index contributed by atoms with van der Waals surface area (Å²) in [5.74, 6) is 2.11. The van der Waals surface area contributed by atoms with E-state index in [1.807, 2.05) is 19.1 Å². The van der Waals surface area contributed by atoms with E-state index in [1.165, 1.54) is 12.5 Å². The molecule has 0 aromatic heterocycles. The minimum Gasteiger partial charge on any atom is -0.486 e. The van der Waals surface area contributed by atoms with Crippen molar-refractivity contribution >= 4 is 5.97 Å². The van der Waals surface area contributed by atoms with E-state index < -0.39 is 0 Å². The van der Waals surface area contributed by atoms with Gasteiger partial charge in [-0.15, -0.1) is 0 Å². The van der Waals surface area contributed by atoms with Gasteiger partial charge < -0.3 is 9.47 Å². The third kappa shape index (κ3) is 4.36. The molecule has 2 atom stereocenters. The first-order valence-corrected chi connectivity index (χ1v) is 8.02. The summed E-state index contributed by atoms with van der Waals surface area (Å²) in [6.45, 7) is 10.1. The lowest BCUT2D eigenvalue weighted by Gasteiger charge is -2.31. The summed E-state index contributed by atoms with van der Waals surface area (Å²) in [6.07, 6.45) is 4.59. The number of ether oxygens (including phenoxy) is 2. The average Bonchev–Trinajstić information content (AvgIpc) is 2.36. The molecule has 1 aromatic rings. The number of esters is 1. The van der Waals surface area contributed by atoms with Gasteiger partial charge >= 0.3 is 5.97 Å². The van der Waals surface area contributed by atoms with Crippen LogP contribution >= 0.6 is 0 Å². The van der Waals surface area contributed by atoms with Crippen LogP contribution in [0.3, 0.4) is 0 Å². The van der Waals surface area contributed by atoms with Gasteiger partial charge in [0.15, 0.2) is 0 Å². The van der Waals surface area contributed by atoms with Crippen LogP contribution in [-0.4, -0.2) is 12.1 Å². The molecule has 22 heavy (non-hydrogen) atoms. The maximum absolute atomic E-state index is 11.1. The zero-order valence-corrected chi connectivity index (χ0v) is 14.2. The molecule has 0 spiro atoms. The van der Waals surface area contributed by atoms with Crippen molar-refractivity contribution in [3.63, 3.8) is 0 Å². The Morgan fingerprint density at radius 2 is 1.91 bits per heavy atom. The smallest absolute Gasteiger partial charge is 0.308 e. The minimum atomic E-state index is -0.314. The Labute approximate surface area is 133 Å². The number of carbonyl (C=O) groups excluding carboxylic acids is 1. The summed E-state index contributed by atoms with van der Waals surface area (Å²) in [5.41, 5.74) is 2.39. The van der Waals surface area contributed by atoms with Crippen molar-refractivity contribution in [2.24, 2.45) is 11.8 Å². The van der Waals surface area contributed by atoms with Crippen LogP contribution in [0.5, 0.6) is 11.5 Å². The topological polar surface area (TPSA) is 35.5 Å². The molecule has 0 saturated heterocycles. The van der Waals surface area contributed by atoms with Crippen LogP contribution in [0.15, 0.2) is 29.8 Å². The van der Waals surface area contributed by atoms with E-state index in [-0.39, 0.29) is 12.1 Å². The summed E-state index contributed by atoms with van der Waals surface area (Å²) in [7, 11) is 0. The molecule has 120 valence electrons. The van der Waals surface area contributed by atoms with Gasteiger partial charge in [-0.05, 0) is 54.9 Å². The highest BCUT2D eigenvalue weighted by Crippen LogP contribution is 2.33. The predicted octanol–water partition coefficient (Wildman–Crippen LogP) is 4.68. The molecule has 0 bridgehead atoms. The maximum Gasteiger partial charge on any atom is 0.308 e. The molecule has 1 aliphatic carbocycles.